The van der Waals surface area contributed by atoms with Gasteiger partial charge < -0.3 is 20.6 Å². The SMILES string of the molecule is Cc1ncc(NC(=O)Nc2cc(-c3cc(F)ccc3C(=O)O)c(F)cc2N(CC(C)C)[C@@H]2C[C@H]3CC[C@@H]2C3)cn1. The predicted octanol–water partition coefficient (Wildman–Crippen LogP) is 6.72. The highest BCUT2D eigenvalue weighted by molar-refractivity contribution is 6.03. The van der Waals surface area contributed by atoms with Crippen LogP contribution in [0.1, 0.15) is 55.7 Å². The molecule has 2 saturated carbocycles. The Kier molecular flexibility index (Phi) is 7.69. The predicted molar refractivity (Wildman–Crippen MR) is 150 cm³/mol. The maximum Gasteiger partial charge on any atom is 0.336 e. The van der Waals surface area contributed by atoms with Gasteiger partial charge in [0.15, 0.2) is 0 Å². The molecule has 0 spiro atoms. The summed E-state index contributed by atoms with van der Waals surface area (Å²) in [6.45, 7) is 6.56. The molecule has 3 atom stereocenters. The average Bonchev–Trinajstić information content (AvgIpc) is 3.53. The maximum atomic E-state index is 15.9. The molecule has 0 unspecified atom stereocenters. The lowest BCUT2D eigenvalue weighted by Gasteiger charge is -2.39. The van der Waals surface area contributed by atoms with E-state index in [0.717, 1.165) is 37.5 Å². The molecule has 0 aliphatic heterocycles. The van der Waals surface area contributed by atoms with E-state index < -0.39 is 23.6 Å². The number of carbonyl (C=O) groups is 2. The van der Waals surface area contributed by atoms with Crippen LogP contribution in [0.3, 0.4) is 0 Å². The first-order valence-corrected chi connectivity index (χ1v) is 13.6. The number of amides is 2. The van der Waals surface area contributed by atoms with E-state index in [4.69, 9.17) is 0 Å². The lowest BCUT2D eigenvalue weighted by Crippen LogP contribution is -2.42. The highest BCUT2D eigenvalue weighted by atomic mass is 19.1. The van der Waals surface area contributed by atoms with E-state index in [-0.39, 0.29) is 28.7 Å². The van der Waals surface area contributed by atoms with Crippen LogP contribution < -0.4 is 15.5 Å². The van der Waals surface area contributed by atoms with Crippen molar-refractivity contribution in [3.05, 3.63) is 65.7 Å². The van der Waals surface area contributed by atoms with Crippen molar-refractivity contribution in [1.29, 1.82) is 0 Å². The van der Waals surface area contributed by atoms with Crippen molar-refractivity contribution in [2.75, 3.05) is 22.1 Å². The van der Waals surface area contributed by atoms with Crippen LogP contribution in [-0.4, -0.2) is 39.7 Å². The molecular formula is C30H33F2N5O3. The summed E-state index contributed by atoms with van der Waals surface area (Å²) in [5, 5.41) is 15.2. The number of halogens is 2. The minimum absolute atomic E-state index is 0.109. The standard InChI is InChI=1S/C30H33F2N5O3/c1-16(2)15-37(27-9-18-4-5-19(27)8-18)28-12-25(32)24(23-10-20(31)6-7-22(23)29(38)39)11-26(28)36-30(40)35-21-13-33-17(3)34-14-21/h6-7,10-14,16,18-19,27H,4-5,8-9,15H2,1-3H3,(H,38,39)(H2,35,36,40)/t18-,19+,27+/m0/s1. The number of nitrogens with one attached hydrogen (secondary N) is 2. The Morgan fingerprint density at radius 3 is 2.42 bits per heavy atom. The van der Waals surface area contributed by atoms with Gasteiger partial charge in [0.05, 0.1) is 35.0 Å². The van der Waals surface area contributed by atoms with E-state index in [1.807, 2.05) is 0 Å². The molecule has 2 amide bonds. The molecule has 1 heterocycles. The summed E-state index contributed by atoms with van der Waals surface area (Å²) in [5.74, 6) is -0.767. The molecule has 2 aliphatic rings. The van der Waals surface area contributed by atoms with Crippen LogP contribution in [0.2, 0.25) is 0 Å². The third-order valence-electron chi connectivity index (χ3n) is 7.85. The Labute approximate surface area is 231 Å². The van der Waals surface area contributed by atoms with E-state index in [2.05, 4.69) is 39.3 Å². The van der Waals surface area contributed by atoms with Gasteiger partial charge in [-0.3, -0.25) is 0 Å². The van der Waals surface area contributed by atoms with Gasteiger partial charge in [0, 0.05) is 23.7 Å². The molecule has 3 aromatic rings. The Balaban J connectivity index is 1.60. The second-order valence-electron chi connectivity index (χ2n) is 11.2. The fraction of sp³-hybridized carbons (Fsp3) is 0.400. The third kappa shape index (κ3) is 5.76. The number of benzene rings is 2. The molecule has 0 saturated heterocycles. The van der Waals surface area contributed by atoms with Gasteiger partial charge in [0.25, 0.3) is 0 Å². The number of carboxylic acid groups (broad SMARTS) is 1. The minimum Gasteiger partial charge on any atom is -0.478 e. The fourth-order valence-electron chi connectivity index (χ4n) is 6.17. The molecule has 210 valence electrons. The van der Waals surface area contributed by atoms with Gasteiger partial charge in [-0.2, -0.15) is 0 Å². The summed E-state index contributed by atoms with van der Waals surface area (Å²) in [7, 11) is 0. The molecule has 0 radical (unpaired) electrons. The molecule has 8 nitrogen and oxygen atoms in total. The van der Waals surface area contributed by atoms with Crippen LogP contribution in [0.25, 0.3) is 11.1 Å². The fourth-order valence-corrected chi connectivity index (χ4v) is 6.17. The second kappa shape index (κ2) is 11.2. The number of nitrogens with zero attached hydrogens (tertiary/aromatic N) is 3. The number of anilines is 3. The quantitative estimate of drug-likeness (QED) is 0.288. The molecule has 2 aliphatic carbocycles. The van der Waals surface area contributed by atoms with Crippen LogP contribution in [0.15, 0.2) is 42.7 Å². The summed E-state index contributed by atoms with van der Waals surface area (Å²) in [4.78, 5) is 35.4. The van der Waals surface area contributed by atoms with Crippen molar-refractivity contribution < 1.29 is 23.5 Å². The molecule has 1 aromatic heterocycles. The first-order valence-electron chi connectivity index (χ1n) is 13.6. The number of hydrogen-bond donors (Lipinski definition) is 3. The van der Waals surface area contributed by atoms with Crippen molar-refractivity contribution in [3.63, 3.8) is 0 Å². The third-order valence-corrected chi connectivity index (χ3v) is 7.85. The van der Waals surface area contributed by atoms with Crippen molar-refractivity contribution in [1.82, 2.24) is 9.97 Å². The summed E-state index contributed by atoms with van der Waals surface area (Å²) in [6.07, 6.45) is 7.41. The van der Waals surface area contributed by atoms with Gasteiger partial charge in [-0.1, -0.05) is 20.3 Å². The Morgan fingerprint density at radius 2 is 1.80 bits per heavy atom. The van der Waals surface area contributed by atoms with Crippen molar-refractivity contribution in [2.45, 2.75) is 52.5 Å². The number of aromatic carboxylic acids is 1. The van der Waals surface area contributed by atoms with E-state index in [1.54, 1.807) is 6.92 Å². The largest absolute Gasteiger partial charge is 0.478 e. The van der Waals surface area contributed by atoms with Crippen molar-refractivity contribution in [3.8, 4) is 11.1 Å². The topological polar surface area (TPSA) is 107 Å². The maximum absolute atomic E-state index is 15.9. The number of aromatic nitrogens is 2. The van der Waals surface area contributed by atoms with Crippen LogP contribution in [-0.2, 0) is 0 Å². The van der Waals surface area contributed by atoms with Crippen LogP contribution in [0.4, 0.5) is 30.6 Å². The lowest BCUT2D eigenvalue weighted by atomic mass is 9.92. The van der Waals surface area contributed by atoms with Gasteiger partial charge in [-0.05, 0) is 74.3 Å². The number of hydrogen-bond acceptors (Lipinski definition) is 5. The summed E-state index contributed by atoms with van der Waals surface area (Å²) in [6, 6.07) is 5.47. The summed E-state index contributed by atoms with van der Waals surface area (Å²) < 4.78 is 30.1. The number of aryl methyl sites for hydroxylation is 1. The van der Waals surface area contributed by atoms with Crippen LogP contribution in [0, 0.1) is 36.3 Å². The molecule has 3 N–H and O–H groups in total. The number of urea groups is 1. The molecule has 2 aromatic carbocycles. The summed E-state index contributed by atoms with van der Waals surface area (Å²) >= 11 is 0. The van der Waals surface area contributed by atoms with E-state index in [9.17, 15) is 19.1 Å². The van der Waals surface area contributed by atoms with Crippen LogP contribution >= 0.6 is 0 Å². The van der Waals surface area contributed by atoms with Crippen molar-refractivity contribution >= 4 is 29.1 Å². The van der Waals surface area contributed by atoms with E-state index in [0.29, 0.717) is 41.3 Å². The average molecular weight is 550 g/mol. The van der Waals surface area contributed by atoms with Gasteiger partial charge in [0.1, 0.15) is 17.5 Å². The zero-order valence-corrected chi connectivity index (χ0v) is 22.7. The zero-order valence-electron chi connectivity index (χ0n) is 22.7. The smallest absolute Gasteiger partial charge is 0.336 e. The molecule has 5 rings (SSSR count). The van der Waals surface area contributed by atoms with Gasteiger partial charge in [-0.15, -0.1) is 0 Å². The second-order valence-corrected chi connectivity index (χ2v) is 11.2. The molecule has 2 fully saturated rings. The Hall–Kier alpha value is -4.08. The molecular weight excluding hydrogens is 516 g/mol. The zero-order chi connectivity index (χ0) is 28.6. The van der Waals surface area contributed by atoms with Gasteiger partial charge in [-0.25, -0.2) is 28.3 Å². The van der Waals surface area contributed by atoms with E-state index >= 15 is 4.39 Å². The number of rotatable bonds is 8. The highest BCUT2D eigenvalue weighted by Crippen LogP contribution is 2.49. The van der Waals surface area contributed by atoms with Crippen LogP contribution in [0.5, 0.6) is 0 Å². The molecule has 10 heteroatoms. The minimum atomic E-state index is -1.31. The Bertz CT molecular complexity index is 1430. The Morgan fingerprint density at radius 1 is 1.05 bits per heavy atom. The molecule has 40 heavy (non-hydrogen) atoms. The first-order chi connectivity index (χ1) is 19.1. The molecule has 2 bridgehead atoms. The lowest BCUT2D eigenvalue weighted by molar-refractivity contribution is 0.0697. The van der Waals surface area contributed by atoms with E-state index in [1.165, 1.54) is 30.9 Å². The summed E-state index contributed by atoms with van der Waals surface area (Å²) in [5.41, 5.74) is 0.709. The number of carboxylic acids is 1. The normalized spacial score (nSPS) is 19.6. The van der Waals surface area contributed by atoms with Crippen molar-refractivity contribution in [2.24, 2.45) is 17.8 Å². The number of fused-ring (bicyclic) bond motifs is 2. The van der Waals surface area contributed by atoms with Gasteiger partial charge in [0.2, 0.25) is 0 Å². The first kappa shape index (κ1) is 27.5. The monoisotopic (exact) mass is 549 g/mol. The number of carbonyl (C=O) groups excluding carboxylic acids is 1. The highest BCUT2D eigenvalue weighted by Gasteiger charge is 2.43. The van der Waals surface area contributed by atoms with Gasteiger partial charge >= 0.3 is 12.0 Å².